The van der Waals surface area contributed by atoms with Crippen LogP contribution >= 0.6 is 11.6 Å². The topological polar surface area (TPSA) is 12.0 Å². The van der Waals surface area contributed by atoms with Crippen molar-refractivity contribution < 1.29 is 13.2 Å². The fraction of sp³-hybridized carbons (Fsp3) is 0.400. The summed E-state index contributed by atoms with van der Waals surface area (Å²) >= 11 is 5.76. The Hall–Kier alpha value is -0.900. The number of alkyl halides is 3. The average molecular weight is 238 g/mol. The zero-order chi connectivity index (χ0) is 11.6. The van der Waals surface area contributed by atoms with Crippen LogP contribution in [0.4, 0.5) is 18.9 Å². The van der Waals surface area contributed by atoms with Crippen LogP contribution in [0.15, 0.2) is 12.1 Å². The van der Waals surface area contributed by atoms with Crippen molar-refractivity contribution in [2.75, 3.05) is 12.4 Å². The minimum absolute atomic E-state index is 0.0682. The van der Waals surface area contributed by atoms with Crippen LogP contribution in [0.3, 0.4) is 0 Å². The molecule has 0 amide bonds. The lowest BCUT2D eigenvalue weighted by Gasteiger charge is -2.15. The van der Waals surface area contributed by atoms with Crippen LogP contribution in [0.1, 0.15) is 18.1 Å². The molecule has 0 saturated carbocycles. The first-order valence-corrected chi connectivity index (χ1v) is 4.85. The number of anilines is 1. The number of rotatable bonds is 2. The number of benzene rings is 1. The second-order valence-corrected chi connectivity index (χ2v) is 3.51. The Bertz CT molecular complexity index is 360. The summed E-state index contributed by atoms with van der Waals surface area (Å²) in [6.45, 7) is 1.78. The summed E-state index contributed by atoms with van der Waals surface area (Å²) in [5, 5.41) is 2.57. The molecule has 0 aliphatic carbocycles. The summed E-state index contributed by atoms with van der Waals surface area (Å²) < 4.78 is 37.9. The fourth-order valence-corrected chi connectivity index (χ4v) is 1.68. The third-order valence-corrected chi connectivity index (χ3v) is 2.41. The molecule has 0 fully saturated rings. The lowest BCUT2D eigenvalue weighted by Crippen LogP contribution is -2.10. The average Bonchev–Trinajstić information content (AvgIpc) is 2.15. The predicted octanol–water partition coefficient (Wildman–Crippen LogP) is 3.96. The van der Waals surface area contributed by atoms with Gasteiger partial charge in [0.15, 0.2) is 0 Å². The molecule has 0 unspecified atom stereocenters. The van der Waals surface area contributed by atoms with Crippen molar-refractivity contribution in [2.45, 2.75) is 19.5 Å². The molecule has 0 aliphatic heterocycles. The molecule has 0 saturated heterocycles. The highest BCUT2D eigenvalue weighted by atomic mass is 35.5. The quantitative estimate of drug-likeness (QED) is 0.821. The van der Waals surface area contributed by atoms with E-state index in [1.54, 1.807) is 13.0 Å². The first kappa shape index (κ1) is 12.2. The van der Waals surface area contributed by atoms with Gasteiger partial charge in [0.2, 0.25) is 0 Å². The van der Waals surface area contributed by atoms with Gasteiger partial charge < -0.3 is 5.32 Å². The molecule has 1 aromatic carbocycles. The molecule has 0 heterocycles. The van der Waals surface area contributed by atoms with Crippen molar-refractivity contribution in [3.63, 3.8) is 0 Å². The van der Waals surface area contributed by atoms with Crippen molar-refractivity contribution >= 4 is 17.3 Å². The number of hydrogen-bond acceptors (Lipinski definition) is 1. The van der Waals surface area contributed by atoms with E-state index in [0.29, 0.717) is 12.0 Å². The molecule has 15 heavy (non-hydrogen) atoms. The molecule has 1 aromatic rings. The lowest BCUT2D eigenvalue weighted by atomic mass is 10.1. The van der Waals surface area contributed by atoms with Crippen LogP contribution < -0.4 is 5.32 Å². The maximum absolute atomic E-state index is 12.6. The summed E-state index contributed by atoms with van der Waals surface area (Å²) in [5.74, 6) is 0. The van der Waals surface area contributed by atoms with E-state index in [4.69, 9.17) is 11.6 Å². The Balaban J connectivity index is 3.39. The zero-order valence-corrected chi connectivity index (χ0v) is 9.13. The Morgan fingerprint density at radius 3 is 2.33 bits per heavy atom. The van der Waals surface area contributed by atoms with Gasteiger partial charge >= 0.3 is 6.18 Å². The maximum atomic E-state index is 12.6. The van der Waals surface area contributed by atoms with Crippen molar-refractivity contribution in [2.24, 2.45) is 0 Å². The highest BCUT2D eigenvalue weighted by Gasteiger charge is 2.34. The van der Waals surface area contributed by atoms with Crippen molar-refractivity contribution in [1.29, 1.82) is 0 Å². The van der Waals surface area contributed by atoms with E-state index in [1.807, 2.05) is 0 Å². The largest absolute Gasteiger partial charge is 0.418 e. The molecule has 0 atom stereocenters. The number of halogens is 4. The molecule has 0 aliphatic rings. The normalized spacial score (nSPS) is 11.6. The van der Waals surface area contributed by atoms with Gasteiger partial charge in [-0.05, 0) is 24.1 Å². The fourth-order valence-electron chi connectivity index (χ4n) is 1.34. The Morgan fingerprint density at radius 2 is 1.93 bits per heavy atom. The molecule has 1 nitrogen and oxygen atoms in total. The van der Waals surface area contributed by atoms with Crippen molar-refractivity contribution in [3.05, 3.63) is 28.3 Å². The Kier molecular flexibility index (Phi) is 3.50. The van der Waals surface area contributed by atoms with E-state index in [1.165, 1.54) is 7.05 Å². The van der Waals surface area contributed by atoms with Crippen molar-refractivity contribution in [3.8, 4) is 0 Å². The molecule has 1 rings (SSSR count). The zero-order valence-electron chi connectivity index (χ0n) is 8.37. The molecule has 0 bridgehead atoms. The third-order valence-electron chi connectivity index (χ3n) is 2.11. The van der Waals surface area contributed by atoms with Crippen molar-refractivity contribution in [1.82, 2.24) is 0 Å². The summed E-state index contributed by atoms with van der Waals surface area (Å²) in [6, 6.07) is 2.67. The summed E-state index contributed by atoms with van der Waals surface area (Å²) in [4.78, 5) is 0. The number of aryl methyl sites for hydroxylation is 1. The van der Waals surface area contributed by atoms with E-state index in [9.17, 15) is 13.2 Å². The van der Waals surface area contributed by atoms with Gasteiger partial charge in [-0.25, -0.2) is 0 Å². The first-order chi connectivity index (χ1) is 6.90. The SMILES string of the molecule is CCc1cc(Cl)c(NC)c(C(F)(F)F)c1. The standard InChI is InChI=1S/C10H11ClF3N/c1-3-6-4-7(10(12,13)14)9(15-2)8(11)5-6/h4-5,15H,3H2,1-2H3. The van der Waals surface area contributed by atoms with E-state index in [0.717, 1.165) is 6.07 Å². The molecular formula is C10H11ClF3N. The van der Waals surface area contributed by atoms with Crippen LogP contribution in [0.25, 0.3) is 0 Å². The highest BCUT2D eigenvalue weighted by molar-refractivity contribution is 6.33. The molecular weight excluding hydrogens is 227 g/mol. The smallest absolute Gasteiger partial charge is 0.386 e. The summed E-state index contributed by atoms with van der Waals surface area (Å²) in [5.41, 5.74) is -0.206. The number of nitrogens with one attached hydrogen (secondary N) is 1. The second kappa shape index (κ2) is 4.31. The summed E-state index contributed by atoms with van der Waals surface area (Å²) in [6.07, 6.45) is -3.86. The molecule has 5 heteroatoms. The second-order valence-electron chi connectivity index (χ2n) is 3.10. The third kappa shape index (κ3) is 2.56. The minimum Gasteiger partial charge on any atom is -0.386 e. The summed E-state index contributed by atoms with van der Waals surface area (Å²) in [7, 11) is 1.42. The van der Waals surface area contributed by atoms with Gasteiger partial charge in [0.05, 0.1) is 16.3 Å². The van der Waals surface area contributed by atoms with E-state index < -0.39 is 11.7 Å². The van der Waals surface area contributed by atoms with Gasteiger partial charge in [0.1, 0.15) is 0 Å². The van der Waals surface area contributed by atoms with E-state index in [2.05, 4.69) is 5.32 Å². The van der Waals surface area contributed by atoms with Gasteiger partial charge in [0, 0.05) is 7.05 Å². The van der Waals surface area contributed by atoms with Gasteiger partial charge in [-0.3, -0.25) is 0 Å². The predicted molar refractivity (Wildman–Crippen MR) is 55.4 cm³/mol. The molecule has 0 spiro atoms. The van der Waals surface area contributed by atoms with Crippen LogP contribution in [0.5, 0.6) is 0 Å². The first-order valence-electron chi connectivity index (χ1n) is 4.47. The Morgan fingerprint density at radius 1 is 1.33 bits per heavy atom. The monoisotopic (exact) mass is 237 g/mol. The van der Waals surface area contributed by atoms with Gasteiger partial charge in [-0.1, -0.05) is 18.5 Å². The minimum atomic E-state index is -4.38. The van der Waals surface area contributed by atoms with Crippen LogP contribution in [0, 0.1) is 0 Å². The molecule has 0 aromatic heterocycles. The van der Waals surface area contributed by atoms with Gasteiger partial charge in [-0.15, -0.1) is 0 Å². The van der Waals surface area contributed by atoms with Gasteiger partial charge in [0.25, 0.3) is 0 Å². The van der Waals surface area contributed by atoms with Crippen LogP contribution in [0.2, 0.25) is 5.02 Å². The molecule has 1 N–H and O–H groups in total. The van der Waals surface area contributed by atoms with E-state index in [-0.39, 0.29) is 10.7 Å². The van der Waals surface area contributed by atoms with Crippen LogP contribution in [-0.2, 0) is 12.6 Å². The number of hydrogen-bond donors (Lipinski definition) is 1. The highest BCUT2D eigenvalue weighted by Crippen LogP contribution is 2.39. The maximum Gasteiger partial charge on any atom is 0.418 e. The van der Waals surface area contributed by atoms with E-state index >= 15 is 0 Å². The van der Waals surface area contributed by atoms with Gasteiger partial charge in [-0.2, -0.15) is 13.2 Å². The Labute approximate surface area is 91.2 Å². The molecule has 84 valence electrons. The van der Waals surface area contributed by atoms with Crippen LogP contribution in [-0.4, -0.2) is 7.05 Å². The lowest BCUT2D eigenvalue weighted by molar-refractivity contribution is -0.137. The molecule has 0 radical (unpaired) electrons.